The van der Waals surface area contributed by atoms with E-state index in [9.17, 15) is 9.59 Å². The summed E-state index contributed by atoms with van der Waals surface area (Å²) in [6.07, 6.45) is 0.773. The van der Waals surface area contributed by atoms with Crippen LogP contribution in [0.4, 0.5) is 0 Å². The van der Waals surface area contributed by atoms with Gasteiger partial charge in [-0.1, -0.05) is 48.5 Å². The SMILES string of the molecule is O=Cc1ccc(C(=O)c2ccc(CN3CCOCC3)cc2)cc1. The Morgan fingerprint density at radius 3 is 2.09 bits per heavy atom. The van der Waals surface area contributed by atoms with Crippen LogP contribution in [-0.2, 0) is 11.3 Å². The normalized spacial score (nSPS) is 15.3. The Morgan fingerprint density at radius 2 is 1.52 bits per heavy atom. The highest BCUT2D eigenvalue weighted by Crippen LogP contribution is 2.13. The molecular formula is C19H19NO3. The Balaban J connectivity index is 1.67. The van der Waals surface area contributed by atoms with Crippen molar-refractivity contribution < 1.29 is 14.3 Å². The minimum absolute atomic E-state index is 0.0274. The molecule has 1 heterocycles. The Morgan fingerprint density at radius 1 is 0.957 bits per heavy atom. The molecule has 23 heavy (non-hydrogen) atoms. The number of nitrogens with zero attached hydrogens (tertiary/aromatic N) is 1. The first-order valence-electron chi connectivity index (χ1n) is 7.75. The Hall–Kier alpha value is -2.30. The zero-order valence-corrected chi connectivity index (χ0v) is 12.9. The average molecular weight is 309 g/mol. The summed E-state index contributed by atoms with van der Waals surface area (Å²) in [5.41, 5.74) is 3.02. The second-order valence-corrected chi connectivity index (χ2v) is 5.65. The third-order valence-corrected chi connectivity index (χ3v) is 4.03. The van der Waals surface area contributed by atoms with Gasteiger partial charge < -0.3 is 4.74 Å². The van der Waals surface area contributed by atoms with Gasteiger partial charge in [-0.05, 0) is 5.56 Å². The number of carbonyl (C=O) groups is 2. The van der Waals surface area contributed by atoms with E-state index in [4.69, 9.17) is 4.74 Å². The summed E-state index contributed by atoms with van der Waals surface area (Å²) in [5, 5.41) is 0. The van der Waals surface area contributed by atoms with Crippen molar-refractivity contribution in [2.75, 3.05) is 26.3 Å². The summed E-state index contributed by atoms with van der Waals surface area (Å²) < 4.78 is 5.35. The van der Waals surface area contributed by atoms with Crippen molar-refractivity contribution in [2.24, 2.45) is 0 Å². The van der Waals surface area contributed by atoms with Crippen LogP contribution >= 0.6 is 0 Å². The molecule has 2 aromatic rings. The molecule has 0 radical (unpaired) electrons. The average Bonchev–Trinajstić information content (AvgIpc) is 2.63. The van der Waals surface area contributed by atoms with E-state index in [0.29, 0.717) is 16.7 Å². The molecule has 1 saturated heterocycles. The fourth-order valence-corrected chi connectivity index (χ4v) is 2.66. The number of benzene rings is 2. The topological polar surface area (TPSA) is 46.6 Å². The van der Waals surface area contributed by atoms with E-state index in [1.165, 1.54) is 5.56 Å². The molecule has 0 atom stereocenters. The molecule has 4 nitrogen and oxygen atoms in total. The van der Waals surface area contributed by atoms with E-state index in [1.54, 1.807) is 24.3 Å². The molecule has 1 fully saturated rings. The highest BCUT2D eigenvalue weighted by Gasteiger charge is 2.12. The van der Waals surface area contributed by atoms with E-state index in [-0.39, 0.29) is 5.78 Å². The standard InChI is InChI=1S/C19H19NO3/c21-14-16-3-7-18(8-4-16)19(22)17-5-1-15(2-6-17)13-20-9-11-23-12-10-20/h1-8,14H,9-13H2. The van der Waals surface area contributed by atoms with Gasteiger partial charge in [0.15, 0.2) is 5.78 Å². The van der Waals surface area contributed by atoms with Crippen LogP contribution < -0.4 is 0 Å². The first-order valence-corrected chi connectivity index (χ1v) is 7.75. The van der Waals surface area contributed by atoms with Crippen LogP contribution in [0.1, 0.15) is 31.8 Å². The zero-order chi connectivity index (χ0) is 16.1. The Labute approximate surface area is 135 Å². The molecule has 0 N–H and O–H groups in total. The molecule has 2 aromatic carbocycles. The predicted molar refractivity (Wildman–Crippen MR) is 87.8 cm³/mol. The Bertz CT molecular complexity index is 671. The molecule has 0 aromatic heterocycles. The summed E-state index contributed by atoms with van der Waals surface area (Å²) >= 11 is 0. The minimum atomic E-state index is -0.0274. The molecular weight excluding hydrogens is 290 g/mol. The van der Waals surface area contributed by atoms with Crippen LogP contribution in [0.2, 0.25) is 0 Å². The molecule has 0 unspecified atom stereocenters. The first-order chi connectivity index (χ1) is 11.3. The molecule has 1 aliphatic rings. The molecule has 118 valence electrons. The van der Waals surface area contributed by atoms with Gasteiger partial charge in [-0.3, -0.25) is 14.5 Å². The molecule has 1 aliphatic heterocycles. The fourth-order valence-electron chi connectivity index (χ4n) is 2.66. The maximum atomic E-state index is 12.4. The van der Waals surface area contributed by atoms with Gasteiger partial charge in [-0.25, -0.2) is 0 Å². The van der Waals surface area contributed by atoms with Crippen molar-refractivity contribution in [1.82, 2.24) is 4.90 Å². The highest BCUT2D eigenvalue weighted by atomic mass is 16.5. The van der Waals surface area contributed by atoms with E-state index >= 15 is 0 Å². The third-order valence-electron chi connectivity index (χ3n) is 4.03. The number of carbonyl (C=O) groups excluding carboxylic acids is 2. The summed E-state index contributed by atoms with van der Waals surface area (Å²) in [6, 6.07) is 14.4. The lowest BCUT2D eigenvalue weighted by molar-refractivity contribution is 0.0342. The molecule has 0 spiro atoms. The van der Waals surface area contributed by atoms with Gasteiger partial charge in [0.1, 0.15) is 6.29 Å². The van der Waals surface area contributed by atoms with Crippen LogP contribution in [0.25, 0.3) is 0 Å². The zero-order valence-electron chi connectivity index (χ0n) is 12.9. The van der Waals surface area contributed by atoms with Crippen LogP contribution in [0, 0.1) is 0 Å². The lowest BCUT2D eigenvalue weighted by atomic mass is 10.0. The summed E-state index contributed by atoms with van der Waals surface area (Å²) in [4.78, 5) is 25.4. The van der Waals surface area contributed by atoms with Crippen molar-refractivity contribution in [3.05, 3.63) is 70.8 Å². The van der Waals surface area contributed by atoms with E-state index < -0.39 is 0 Å². The third kappa shape index (κ3) is 3.92. The van der Waals surface area contributed by atoms with Gasteiger partial charge >= 0.3 is 0 Å². The van der Waals surface area contributed by atoms with Crippen LogP contribution in [0.3, 0.4) is 0 Å². The van der Waals surface area contributed by atoms with Crippen LogP contribution in [0.15, 0.2) is 48.5 Å². The maximum Gasteiger partial charge on any atom is 0.193 e. The molecule has 0 saturated carbocycles. The van der Waals surface area contributed by atoms with Crippen molar-refractivity contribution in [1.29, 1.82) is 0 Å². The van der Waals surface area contributed by atoms with Gasteiger partial charge in [0.2, 0.25) is 0 Å². The first kappa shape index (κ1) is 15.6. The lowest BCUT2D eigenvalue weighted by Gasteiger charge is -2.26. The number of ketones is 1. The molecule has 0 aliphatic carbocycles. The second-order valence-electron chi connectivity index (χ2n) is 5.65. The summed E-state index contributed by atoms with van der Waals surface area (Å²) in [6.45, 7) is 4.35. The van der Waals surface area contributed by atoms with E-state index in [0.717, 1.165) is 39.1 Å². The minimum Gasteiger partial charge on any atom is -0.379 e. The highest BCUT2D eigenvalue weighted by molar-refractivity contribution is 6.09. The quantitative estimate of drug-likeness (QED) is 0.629. The molecule has 0 amide bonds. The van der Waals surface area contributed by atoms with Crippen LogP contribution in [0.5, 0.6) is 0 Å². The number of morpholine rings is 1. The number of ether oxygens (including phenoxy) is 1. The van der Waals surface area contributed by atoms with Gasteiger partial charge in [0, 0.05) is 36.3 Å². The van der Waals surface area contributed by atoms with Gasteiger partial charge in [-0.15, -0.1) is 0 Å². The maximum absolute atomic E-state index is 12.4. The van der Waals surface area contributed by atoms with Crippen molar-refractivity contribution in [3.8, 4) is 0 Å². The second kappa shape index (κ2) is 7.31. The monoisotopic (exact) mass is 309 g/mol. The summed E-state index contributed by atoms with van der Waals surface area (Å²) in [5.74, 6) is -0.0274. The lowest BCUT2D eigenvalue weighted by Crippen LogP contribution is -2.35. The number of rotatable bonds is 5. The number of hydrogen-bond donors (Lipinski definition) is 0. The van der Waals surface area contributed by atoms with Gasteiger partial charge in [-0.2, -0.15) is 0 Å². The van der Waals surface area contributed by atoms with Crippen molar-refractivity contribution in [3.63, 3.8) is 0 Å². The van der Waals surface area contributed by atoms with E-state index in [1.807, 2.05) is 24.3 Å². The summed E-state index contributed by atoms with van der Waals surface area (Å²) in [7, 11) is 0. The van der Waals surface area contributed by atoms with Crippen LogP contribution in [-0.4, -0.2) is 43.3 Å². The predicted octanol–water partition coefficient (Wildman–Crippen LogP) is 2.56. The number of hydrogen-bond acceptors (Lipinski definition) is 4. The van der Waals surface area contributed by atoms with Gasteiger partial charge in [0.25, 0.3) is 0 Å². The van der Waals surface area contributed by atoms with Gasteiger partial charge in [0.05, 0.1) is 13.2 Å². The van der Waals surface area contributed by atoms with E-state index in [2.05, 4.69) is 4.90 Å². The molecule has 0 bridgehead atoms. The largest absolute Gasteiger partial charge is 0.379 e. The van der Waals surface area contributed by atoms with Crippen molar-refractivity contribution >= 4 is 12.1 Å². The Kier molecular flexibility index (Phi) is 4.95. The fraction of sp³-hybridized carbons (Fsp3) is 0.263. The molecule has 3 rings (SSSR count). The smallest absolute Gasteiger partial charge is 0.193 e. The molecule has 4 heteroatoms. The van der Waals surface area contributed by atoms with Crippen molar-refractivity contribution in [2.45, 2.75) is 6.54 Å². The number of aldehydes is 1.